The van der Waals surface area contributed by atoms with Crippen molar-refractivity contribution in [1.29, 1.82) is 0 Å². The molecule has 144 valence electrons. The van der Waals surface area contributed by atoms with E-state index in [4.69, 9.17) is 17.0 Å². The van der Waals surface area contributed by atoms with Crippen molar-refractivity contribution in [1.82, 2.24) is 25.4 Å². The molecule has 1 aromatic rings. The van der Waals surface area contributed by atoms with Crippen molar-refractivity contribution >= 4 is 35.5 Å². The fourth-order valence-corrected chi connectivity index (χ4v) is 3.31. The Morgan fingerprint density at radius 3 is 2.85 bits per heavy atom. The Labute approximate surface area is 162 Å². The molecule has 0 saturated carbocycles. The zero-order valence-corrected chi connectivity index (χ0v) is 16.2. The second kappa shape index (κ2) is 7.78. The summed E-state index contributed by atoms with van der Waals surface area (Å²) in [7, 11) is 3.43. The number of urea groups is 1. The van der Waals surface area contributed by atoms with Crippen LogP contribution in [0.3, 0.4) is 0 Å². The van der Waals surface area contributed by atoms with E-state index >= 15 is 0 Å². The van der Waals surface area contributed by atoms with Gasteiger partial charge in [-0.3, -0.25) is 4.79 Å². The molecule has 2 N–H and O–H groups in total. The van der Waals surface area contributed by atoms with Crippen LogP contribution >= 0.6 is 12.2 Å². The van der Waals surface area contributed by atoms with E-state index in [1.165, 1.54) is 0 Å². The minimum absolute atomic E-state index is 0.0743. The van der Waals surface area contributed by atoms with E-state index in [0.717, 1.165) is 0 Å². The number of thiocarbonyl (C=S) groups is 1. The first-order valence-corrected chi connectivity index (χ1v) is 8.96. The van der Waals surface area contributed by atoms with Crippen LogP contribution in [0.15, 0.2) is 29.4 Å². The maximum absolute atomic E-state index is 12.1. The molecule has 2 fully saturated rings. The molecule has 0 aromatic heterocycles. The van der Waals surface area contributed by atoms with Gasteiger partial charge < -0.3 is 25.2 Å². The number of para-hydroxylation sites is 1. The summed E-state index contributed by atoms with van der Waals surface area (Å²) in [5, 5.41) is 12.3. The molecule has 2 saturated heterocycles. The number of nitrogens with zero attached hydrogens (tertiary/aromatic N) is 4. The molecule has 2 atom stereocenters. The van der Waals surface area contributed by atoms with Crippen LogP contribution < -0.4 is 15.4 Å². The quantitative estimate of drug-likeness (QED) is 0.539. The van der Waals surface area contributed by atoms with Crippen molar-refractivity contribution in [2.45, 2.75) is 19.3 Å². The molecule has 3 amide bonds. The molecule has 2 unspecified atom stereocenters. The summed E-state index contributed by atoms with van der Waals surface area (Å²) < 4.78 is 5.59. The van der Waals surface area contributed by atoms with E-state index in [2.05, 4.69) is 15.7 Å². The van der Waals surface area contributed by atoms with Gasteiger partial charge in [0.05, 0.1) is 6.21 Å². The highest BCUT2D eigenvalue weighted by Crippen LogP contribution is 2.27. The third-order valence-corrected chi connectivity index (χ3v) is 4.71. The topological polar surface area (TPSA) is 89.5 Å². The van der Waals surface area contributed by atoms with Gasteiger partial charge >= 0.3 is 6.03 Å². The summed E-state index contributed by atoms with van der Waals surface area (Å²) in [4.78, 5) is 26.9. The van der Waals surface area contributed by atoms with Gasteiger partial charge in [0.2, 0.25) is 0 Å². The Morgan fingerprint density at radius 2 is 2.11 bits per heavy atom. The van der Waals surface area contributed by atoms with E-state index in [1.54, 1.807) is 41.2 Å². The Bertz CT molecular complexity index is 786. The third kappa shape index (κ3) is 3.65. The van der Waals surface area contributed by atoms with Gasteiger partial charge in [-0.05, 0) is 31.3 Å². The minimum atomic E-state index is -0.324. The fraction of sp³-hybridized carbons (Fsp3) is 0.412. The van der Waals surface area contributed by atoms with Gasteiger partial charge in [-0.15, -0.1) is 0 Å². The molecular formula is C17H22N6O3S. The fourth-order valence-electron chi connectivity index (χ4n) is 3.03. The summed E-state index contributed by atoms with van der Waals surface area (Å²) in [6.45, 7) is 2.32. The van der Waals surface area contributed by atoms with Crippen molar-refractivity contribution in [2.24, 2.45) is 5.10 Å². The predicted octanol–water partition coefficient (Wildman–Crippen LogP) is 0.375. The maximum Gasteiger partial charge on any atom is 0.323 e. The van der Waals surface area contributed by atoms with Crippen molar-refractivity contribution in [3.8, 4) is 5.75 Å². The van der Waals surface area contributed by atoms with Crippen LogP contribution in [0.1, 0.15) is 12.5 Å². The normalized spacial score (nSPS) is 21.7. The van der Waals surface area contributed by atoms with E-state index in [1.807, 2.05) is 25.1 Å². The molecule has 2 heterocycles. The standard InChI is InChI=1S/C17H22N6O3S/c1-4-18-13(24)10-26-12-8-6-5-7-11(12)9-19-23-15-14(20-16(23)27)21(2)17(25)22(15)3/h5-9,14-15H,4,10H2,1-3H3,(H,18,24)(H,20,27)/b19-9+. The second-order valence-electron chi connectivity index (χ2n) is 6.18. The molecule has 27 heavy (non-hydrogen) atoms. The van der Waals surface area contributed by atoms with E-state index in [9.17, 15) is 9.59 Å². The molecule has 0 bridgehead atoms. The second-order valence-corrected chi connectivity index (χ2v) is 6.57. The zero-order chi connectivity index (χ0) is 19.6. The summed E-state index contributed by atoms with van der Waals surface area (Å²) in [6.07, 6.45) is 1.03. The van der Waals surface area contributed by atoms with E-state index in [0.29, 0.717) is 23.0 Å². The lowest BCUT2D eigenvalue weighted by Crippen LogP contribution is -2.41. The number of ether oxygens (including phenoxy) is 1. The van der Waals surface area contributed by atoms with Crippen LogP contribution in [0.5, 0.6) is 5.75 Å². The highest BCUT2D eigenvalue weighted by atomic mass is 32.1. The lowest BCUT2D eigenvalue weighted by molar-refractivity contribution is -0.122. The van der Waals surface area contributed by atoms with Crippen molar-refractivity contribution in [2.75, 3.05) is 27.2 Å². The molecule has 10 heteroatoms. The lowest BCUT2D eigenvalue weighted by atomic mass is 10.2. The third-order valence-electron chi connectivity index (χ3n) is 4.40. The lowest BCUT2D eigenvalue weighted by Gasteiger charge is -2.23. The molecule has 1 aromatic carbocycles. The van der Waals surface area contributed by atoms with Gasteiger partial charge in [0.25, 0.3) is 5.91 Å². The van der Waals surface area contributed by atoms with Crippen LogP contribution in [-0.2, 0) is 4.79 Å². The average Bonchev–Trinajstić information content (AvgIpc) is 3.09. The van der Waals surface area contributed by atoms with Gasteiger partial charge in [-0.2, -0.15) is 5.10 Å². The number of rotatable bonds is 6. The number of fused-ring (bicyclic) bond motifs is 1. The van der Waals surface area contributed by atoms with Crippen LogP contribution in [0.2, 0.25) is 0 Å². The molecule has 3 rings (SSSR count). The molecule has 0 spiro atoms. The molecule has 0 radical (unpaired) electrons. The number of hydrazone groups is 1. The number of benzene rings is 1. The van der Waals surface area contributed by atoms with E-state index in [-0.39, 0.29) is 30.9 Å². The summed E-state index contributed by atoms with van der Waals surface area (Å²) in [5.74, 6) is 0.348. The first-order valence-electron chi connectivity index (χ1n) is 8.56. The van der Waals surface area contributed by atoms with E-state index < -0.39 is 0 Å². The molecule has 2 aliphatic heterocycles. The molecule has 2 aliphatic rings. The highest BCUT2D eigenvalue weighted by molar-refractivity contribution is 7.80. The molecule has 0 aliphatic carbocycles. The Balaban J connectivity index is 1.75. The Kier molecular flexibility index (Phi) is 5.45. The minimum Gasteiger partial charge on any atom is -0.483 e. The van der Waals surface area contributed by atoms with Gasteiger partial charge in [-0.25, -0.2) is 9.80 Å². The highest BCUT2D eigenvalue weighted by Gasteiger charge is 2.51. The maximum atomic E-state index is 12.1. The number of hydrogen-bond donors (Lipinski definition) is 2. The first-order chi connectivity index (χ1) is 12.9. The number of amides is 3. The zero-order valence-electron chi connectivity index (χ0n) is 15.4. The summed E-state index contributed by atoms with van der Waals surface area (Å²) in [6, 6.07) is 7.16. The monoisotopic (exact) mass is 390 g/mol. The number of likely N-dealkylation sites (N-methyl/N-ethyl adjacent to an activating group) is 3. The molecule has 9 nitrogen and oxygen atoms in total. The summed E-state index contributed by atoms with van der Waals surface area (Å²) in [5.41, 5.74) is 0.702. The van der Waals surface area contributed by atoms with Gasteiger partial charge in [0.15, 0.2) is 17.9 Å². The number of hydrogen-bond acceptors (Lipinski definition) is 5. The van der Waals surface area contributed by atoms with Gasteiger partial charge in [0, 0.05) is 26.2 Å². The largest absolute Gasteiger partial charge is 0.483 e. The smallest absolute Gasteiger partial charge is 0.323 e. The average molecular weight is 390 g/mol. The SMILES string of the molecule is CCNC(=O)COc1ccccc1/C=N/N1C(=S)NC2C1N(C)C(=O)N2C. The van der Waals surface area contributed by atoms with Crippen molar-refractivity contribution in [3.05, 3.63) is 29.8 Å². The van der Waals surface area contributed by atoms with Crippen LogP contribution in [0, 0.1) is 0 Å². The summed E-state index contributed by atoms with van der Waals surface area (Å²) >= 11 is 5.35. The Hall–Kier alpha value is -2.88. The first kappa shape index (κ1) is 18.9. The number of carbonyl (C=O) groups is 2. The van der Waals surface area contributed by atoms with Gasteiger partial charge in [0.1, 0.15) is 11.9 Å². The van der Waals surface area contributed by atoms with Crippen molar-refractivity contribution in [3.63, 3.8) is 0 Å². The van der Waals surface area contributed by atoms with Crippen LogP contribution in [-0.4, -0.2) is 77.7 Å². The predicted molar refractivity (Wildman–Crippen MR) is 104 cm³/mol. The molecular weight excluding hydrogens is 368 g/mol. The van der Waals surface area contributed by atoms with Gasteiger partial charge in [-0.1, -0.05) is 12.1 Å². The number of nitrogens with one attached hydrogen (secondary N) is 2. The van der Waals surface area contributed by atoms with Crippen LogP contribution in [0.25, 0.3) is 0 Å². The Morgan fingerprint density at radius 1 is 1.37 bits per heavy atom. The number of carbonyl (C=O) groups excluding carboxylic acids is 2. The van der Waals surface area contributed by atoms with Crippen LogP contribution in [0.4, 0.5) is 4.79 Å². The van der Waals surface area contributed by atoms with Crippen molar-refractivity contribution < 1.29 is 14.3 Å².